The fourth-order valence-electron chi connectivity index (χ4n) is 3.96. The SMILES string of the molecule is Cc1ccccc1-c1nnc(SCC(O)COc2ccc3ccc(=O)oc3c2)nc1-c1ccccc1C. The predicted molar refractivity (Wildman–Crippen MR) is 145 cm³/mol. The van der Waals surface area contributed by atoms with Gasteiger partial charge in [0.05, 0.1) is 6.10 Å². The van der Waals surface area contributed by atoms with E-state index in [1.54, 1.807) is 24.3 Å². The van der Waals surface area contributed by atoms with Crippen LogP contribution in [0.15, 0.2) is 93.2 Å². The second-order valence-corrected chi connectivity index (χ2v) is 9.64. The lowest BCUT2D eigenvalue weighted by Crippen LogP contribution is -2.20. The summed E-state index contributed by atoms with van der Waals surface area (Å²) in [6.45, 7) is 4.15. The van der Waals surface area contributed by atoms with Gasteiger partial charge in [-0.25, -0.2) is 9.78 Å². The predicted octanol–water partition coefficient (Wildman–Crippen LogP) is 5.46. The standard InChI is InChI=1S/C29H25N3O4S/c1-18-7-3-5-9-23(18)27-28(24-10-6-4-8-19(24)2)31-32-29(30-27)37-17-21(33)16-35-22-13-11-20-12-14-26(34)36-25(20)15-22/h3-15,21,33H,16-17H2,1-2H3. The second kappa shape index (κ2) is 10.9. The van der Waals surface area contributed by atoms with Crippen molar-refractivity contribution in [1.29, 1.82) is 0 Å². The molecule has 0 saturated carbocycles. The van der Waals surface area contributed by atoms with Gasteiger partial charge in [0, 0.05) is 34.4 Å². The summed E-state index contributed by atoms with van der Waals surface area (Å²) in [6, 6.07) is 24.4. The van der Waals surface area contributed by atoms with Crippen LogP contribution in [0.3, 0.4) is 0 Å². The summed E-state index contributed by atoms with van der Waals surface area (Å²) in [5, 5.41) is 20.7. The first-order chi connectivity index (χ1) is 18.0. The Labute approximate surface area is 218 Å². The molecule has 37 heavy (non-hydrogen) atoms. The summed E-state index contributed by atoms with van der Waals surface area (Å²) >= 11 is 1.32. The first kappa shape index (κ1) is 24.7. The van der Waals surface area contributed by atoms with Crippen LogP contribution in [0.4, 0.5) is 0 Å². The molecule has 8 heteroatoms. The molecule has 5 aromatic rings. The van der Waals surface area contributed by atoms with E-state index in [2.05, 4.69) is 10.2 Å². The molecule has 0 spiro atoms. The number of thioether (sulfide) groups is 1. The maximum Gasteiger partial charge on any atom is 0.336 e. The summed E-state index contributed by atoms with van der Waals surface area (Å²) in [4.78, 5) is 16.3. The molecule has 0 aliphatic carbocycles. The van der Waals surface area contributed by atoms with E-state index >= 15 is 0 Å². The Bertz CT molecular complexity index is 1620. The van der Waals surface area contributed by atoms with Crippen LogP contribution in [0.5, 0.6) is 5.75 Å². The quantitative estimate of drug-likeness (QED) is 0.217. The number of aliphatic hydroxyl groups excluding tert-OH is 1. The van der Waals surface area contributed by atoms with Crippen LogP contribution in [0.25, 0.3) is 33.5 Å². The lowest BCUT2D eigenvalue weighted by atomic mass is 9.98. The Balaban J connectivity index is 1.32. The summed E-state index contributed by atoms with van der Waals surface area (Å²) in [6.07, 6.45) is -0.773. The highest BCUT2D eigenvalue weighted by molar-refractivity contribution is 7.99. The minimum absolute atomic E-state index is 0.0644. The van der Waals surface area contributed by atoms with Gasteiger partial charge >= 0.3 is 5.63 Å². The van der Waals surface area contributed by atoms with Crippen molar-refractivity contribution in [3.63, 3.8) is 0 Å². The van der Waals surface area contributed by atoms with Crippen molar-refractivity contribution in [1.82, 2.24) is 15.2 Å². The molecule has 2 aromatic heterocycles. The molecule has 7 nitrogen and oxygen atoms in total. The van der Waals surface area contributed by atoms with Gasteiger partial charge in [0.1, 0.15) is 29.3 Å². The van der Waals surface area contributed by atoms with Crippen molar-refractivity contribution in [3.05, 3.63) is 100 Å². The average molecular weight is 512 g/mol. The second-order valence-electron chi connectivity index (χ2n) is 8.65. The third-order valence-corrected chi connectivity index (χ3v) is 6.89. The van der Waals surface area contributed by atoms with Crippen LogP contribution in [-0.2, 0) is 0 Å². The van der Waals surface area contributed by atoms with Crippen molar-refractivity contribution < 1.29 is 14.3 Å². The normalized spacial score (nSPS) is 12.0. The minimum Gasteiger partial charge on any atom is -0.491 e. The number of aliphatic hydroxyl groups is 1. The van der Waals surface area contributed by atoms with Gasteiger partial charge in [-0.05, 0) is 43.2 Å². The summed E-state index contributed by atoms with van der Waals surface area (Å²) in [5.74, 6) is 0.828. The van der Waals surface area contributed by atoms with Crippen molar-refractivity contribution >= 4 is 22.7 Å². The van der Waals surface area contributed by atoms with Crippen molar-refractivity contribution in [2.45, 2.75) is 25.1 Å². The third-order valence-electron chi connectivity index (χ3n) is 5.91. The molecule has 1 atom stereocenters. The molecule has 2 heterocycles. The van der Waals surface area contributed by atoms with E-state index in [0.717, 1.165) is 39.0 Å². The van der Waals surface area contributed by atoms with E-state index < -0.39 is 11.7 Å². The first-order valence-electron chi connectivity index (χ1n) is 11.8. The first-order valence-corrected chi connectivity index (χ1v) is 12.8. The number of ether oxygens (including phenoxy) is 1. The molecule has 1 N–H and O–H groups in total. The van der Waals surface area contributed by atoms with Crippen LogP contribution >= 0.6 is 11.8 Å². The van der Waals surface area contributed by atoms with Gasteiger partial charge in [0.25, 0.3) is 0 Å². The van der Waals surface area contributed by atoms with Gasteiger partial charge in [0.15, 0.2) is 0 Å². The molecular formula is C29H25N3O4S. The molecule has 0 bridgehead atoms. The topological polar surface area (TPSA) is 98.3 Å². The highest BCUT2D eigenvalue weighted by Gasteiger charge is 2.17. The van der Waals surface area contributed by atoms with Gasteiger partial charge in [-0.2, -0.15) is 0 Å². The molecular weight excluding hydrogens is 486 g/mol. The Hall–Kier alpha value is -4.01. The van der Waals surface area contributed by atoms with E-state index in [1.165, 1.54) is 17.8 Å². The van der Waals surface area contributed by atoms with Crippen LogP contribution in [-0.4, -0.2) is 38.8 Å². The molecule has 0 amide bonds. The van der Waals surface area contributed by atoms with Crippen LogP contribution < -0.4 is 10.4 Å². The molecule has 186 valence electrons. The average Bonchev–Trinajstić information content (AvgIpc) is 2.91. The van der Waals surface area contributed by atoms with Gasteiger partial charge < -0.3 is 14.3 Å². The zero-order valence-electron chi connectivity index (χ0n) is 20.4. The van der Waals surface area contributed by atoms with Gasteiger partial charge in [0.2, 0.25) is 5.16 Å². The van der Waals surface area contributed by atoms with E-state index in [-0.39, 0.29) is 6.61 Å². The molecule has 0 radical (unpaired) electrons. The smallest absolute Gasteiger partial charge is 0.336 e. The Morgan fingerprint density at radius 3 is 2.30 bits per heavy atom. The van der Waals surface area contributed by atoms with Crippen molar-refractivity contribution in [2.75, 3.05) is 12.4 Å². The van der Waals surface area contributed by atoms with Crippen LogP contribution in [0.2, 0.25) is 0 Å². The zero-order chi connectivity index (χ0) is 25.8. The number of aromatic nitrogens is 3. The Kier molecular flexibility index (Phi) is 7.30. The van der Waals surface area contributed by atoms with Gasteiger partial charge in [-0.3, -0.25) is 0 Å². The lowest BCUT2D eigenvalue weighted by Gasteiger charge is -2.14. The molecule has 0 saturated heterocycles. The number of rotatable bonds is 8. The highest BCUT2D eigenvalue weighted by Crippen LogP contribution is 2.33. The molecule has 5 rings (SSSR count). The fourth-order valence-corrected chi connectivity index (χ4v) is 4.65. The molecule has 0 fully saturated rings. The molecule has 0 aliphatic heterocycles. The minimum atomic E-state index is -0.773. The number of hydrogen-bond donors (Lipinski definition) is 1. The number of fused-ring (bicyclic) bond motifs is 1. The fraction of sp³-hybridized carbons (Fsp3) is 0.172. The maximum atomic E-state index is 11.5. The number of nitrogens with zero attached hydrogens (tertiary/aromatic N) is 3. The largest absolute Gasteiger partial charge is 0.491 e. The summed E-state index contributed by atoms with van der Waals surface area (Å²) < 4.78 is 10.9. The van der Waals surface area contributed by atoms with Gasteiger partial charge in [-0.15, -0.1) is 10.2 Å². The number of hydrogen-bond acceptors (Lipinski definition) is 8. The van der Waals surface area contributed by atoms with E-state index in [1.807, 2.05) is 62.4 Å². The highest BCUT2D eigenvalue weighted by atomic mass is 32.2. The van der Waals surface area contributed by atoms with Crippen molar-refractivity contribution in [2.24, 2.45) is 0 Å². The Morgan fingerprint density at radius 2 is 1.57 bits per heavy atom. The van der Waals surface area contributed by atoms with Gasteiger partial charge in [-0.1, -0.05) is 60.3 Å². The van der Waals surface area contributed by atoms with E-state index in [4.69, 9.17) is 14.1 Å². The molecule has 0 aliphatic rings. The zero-order valence-corrected chi connectivity index (χ0v) is 21.2. The maximum absolute atomic E-state index is 11.5. The van der Waals surface area contributed by atoms with E-state index in [9.17, 15) is 9.90 Å². The molecule has 1 unspecified atom stereocenters. The van der Waals surface area contributed by atoms with Crippen LogP contribution in [0.1, 0.15) is 11.1 Å². The summed E-state index contributed by atoms with van der Waals surface area (Å²) in [7, 11) is 0. The number of benzene rings is 3. The summed E-state index contributed by atoms with van der Waals surface area (Å²) in [5.41, 5.74) is 5.65. The van der Waals surface area contributed by atoms with Crippen molar-refractivity contribution in [3.8, 4) is 28.3 Å². The van der Waals surface area contributed by atoms with E-state index in [0.29, 0.717) is 22.2 Å². The Morgan fingerprint density at radius 1 is 0.892 bits per heavy atom. The third kappa shape index (κ3) is 5.71. The van der Waals surface area contributed by atoms with Crippen LogP contribution in [0, 0.1) is 13.8 Å². The number of aryl methyl sites for hydroxylation is 2. The lowest BCUT2D eigenvalue weighted by molar-refractivity contribution is 0.126. The monoisotopic (exact) mass is 511 g/mol. The molecule has 3 aromatic carbocycles.